The Bertz CT molecular complexity index is 577. The van der Waals surface area contributed by atoms with E-state index in [-0.39, 0.29) is 5.69 Å². The van der Waals surface area contributed by atoms with Gasteiger partial charge < -0.3 is 9.15 Å². The highest BCUT2D eigenvalue weighted by Gasteiger charge is 2.20. The summed E-state index contributed by atoms with van der Waals surface area (Å²) in [5, 5.41) is 0. The van der Waals surface area contributed by atoms with Gasteiger partial charge in [0.15, 0.2) is 17.8 Å². The Morgan fingerprint density at radius 2 is 2.28 bits per heavy atom. The third-order valence-corrected chi connectivity index (χ3v) is 3.06. The molecule has 5 heteroatoms. The van der Waals surface area contributed by atoms with Gasteiger partial charge in [-0.05, 0) is 31.5 Å². The van der Waals surface area contributed by atoms with Crippen LogP contribution in [0.15, 0.2) is 33.5 Å². The van der Waals surface area contributed by atoms with Crippen LogP contribution in [0.3, 0.4) is 0 Å². The molecule has 0 spiro atoms. The molecule has 2 aromatic rings. The molecule has 0 N–H and O–H groups in total. The van der Waals surface area contributed by atoms with Gasteiger partial charge in [-0.15, -0.1) is 0 Å². The van der Waals surface area contributed by atoms with Crippen LogP contribution in [0, 0.1) is 6.92 Å². The molecule has 0 bridgehead atoms. The highest BCUT2D eigenvalue weighted by atomic mass is 79.9. The Morgan fingerprint density at radius 3 is 2.94 bits per heavy atom. The molecule has 0 aliphatic carbocycles. The fraction of sp³-hybridized carbons (Fsp3) is 0.231. The Balaban J connectivity index is 2.45. The van der Waals surface area contributed by atoms with Crippen molar-refractivity contribution in [1.29, 1.82) is 0 Å². The number of aromatic nitrogens is 1. The average molecular weight is 310 g/mol. The van der Waals surface area contributed by atoms with E-state index in [1.165, 1.54) is 6.39 Å². The molecular weight excluding hydrogens is 298 g/mol. The van der Waals surface area contributed by atoms with E-state index < -0.39 is 5.97 Å². The molecule has 2 rings (SSSR count). The lowest BCUT2D eigenvalue weighted by Crippen LogP contribution is -2.06. The zero-order valence-corrected chi connectivity index (χ0v) is 11.7. The summed E-state index contributed by atoms with van der Waals surface area (Å²) in [4.78, 5) is 15.6. The maximum absolute atomic E-state index is 11.7. The van der Waals surface area contributed by atoms with E-state index >= 15 is 0 Å². The van der Waals surface area contributed by atoms with Gasteiger partial charge in [0.05, 0.1) is 6.61 Å². The molecule has 1 aromatic carbocycles. The first-order valence-corrected chi connectivity index (χ1v) is 6.30. The van der Waals surface area contributed by atoms with Crippen molar-refractivity contribution < 1.29 is 13.9 Å². The number of aryl methyl sites for hydroxylation is 1. The first kappa shape index (κ1) is 12.8. The van der Waals surface area contributed by atoms with E-state index in [0.29, 0.717) is 12.4 Å². The second kappa shape index (κ2) is 5.35. The van der Waals surface area contributed by atoms with Crippen LogP contribution in [0.25, 0.3) is 11.3 Å². The van der Waals surface area contributed by atoms with Gasteiger partial charge in [0.25, 0.3) is 0 Å². The van der Waals surface area contributed by atoms with Crippen LogP contribution in [0.2, 0.25) is 0 Å². The molecule has 4 nitrogen and oxygen atoms in total. The zero-order valence-electron chi connectivity index (χ0n) is 10.1. The number of oxazole rings is 1. The molecule has 94 valence electrons. The zero-order chi connectivity index (χ0) is 13.1. The number of carbonyl (C=O) groups is 1. The van der Waals surface area contributed by atoms with E-state index in [2.05, 4.69) is 20.9 Å². The Labute approximate surface area is 113 Å². The monoisotopic (exact) mass is 309 g/mol. The SMILES string of the molecule is CCOC(=O)c1ncoc1-c1ccc(C)cc1Br. The molecule has 0 aliphatic heterocycles. The lowest BCUT2D eigenvalue weighted by Gasteiger charge is -2.04. The van der Waals surface area contributed by atoms with Gasteiger partial charge in [0, 0.05) is 10.0 Å². The maximum atomic E-state index is 11.7. The minimum Gasteiger partial charge on any atom is -0.461 e. The molecule has 1 heterocycles. The minimum atomic E-state index is -0.478. The van der Waals surface area contributed by atoms with Crippen molar-refractivity contribution in [2.45, 2.75) is 13.8 Å². The third kappa shape index (κ3) is 2.46. The van der Waals surface area contributed by atoms with Crippen molar-refractivity contribution in [3.63, 3.8) is 0 Å². The van der Waals surface area contributed by atoms with E-state index in [4.69, 9.17) is 9.15 Å². The van der Waals surface area contributed by atoms with Crippen molar-refractivity contribution in [2.75, 3.05) is 6.61 Å². The minimum absolute atomic E-state index is 0.196. The standard InChI is InChI=1S/C13H12BrNO3/c1-3-17-13(16)11-12(18-7-15-11)9-5-4-8(2)6-10(9)14/h4-7H,3H2,1-2H3. The topological polar surface area (TPSA) is 52.3 Å². The van der Waals surface area contributed by atoms with E-state index in [1.807, 2.05) is 25.1 Å². The molecule has 18 heavy (non-hydrogen) atoms. The molecule has 0 saturated heterocycles. The normalized spacial score (nSPS) is 10.4. The van der Waals surface area contributed by atoms with Crippen molar-refractivity contribution in [3.8, 4) is 11.3 Å². The van der Waals surface area contributed by atoms with Gasteiger partial charge in [-0.1, -0.05) is 22.0 Å². The lowest BCUT2D eigenvalue weighted by atomic mass is 10.1. The number of esters is 1. The molecule has 0 fully saturated rings. The first-order chi connectivity index (χ1) is 8.63. The van der Waals surface area contributed by atoms with Crippen LogP contribution in [-0.4, -0.2) is 17.6 Å². The summed E-state index contributed by atoms with van der Waals surface area (Å²) in [6, 6.07) is 5.77. The number of nitrogens with zero attached hydrogens (tertiary/aromatic N) is 1. The van der Waals surface area contributed by atoms with Crippen LogP contribution < -0.4 is 0 Å². The number of hydrogen-bond acceptors (Lipinski definition) is 4. The number of carbonyl (C=O) groups excluding carboxylic acids is 1. The molecule has 0 unspecified atom stereocenters. The second-order valence-corrected chi connectivity index (χ2v) is 4.59. The van der Waals surface area contributed by atoms with Crippen molar-refractivity contribution in [1.82, 2.24) is 4.98 Å². The average Bonchev–Trinajstić information content (AvgIpc) is 2.78. The van der Waals surface area contributed by atoms with E-state index in [1.54, 1.807) is 6.92 Å². The highest BCUT2D eigenvalue weighted by molar-refractivity contribution is 9.10. The van der Waals surface area contributed by atoms with E-state index in [9.17, 15) is 4.79 Å². The fourth-order valence-corrected chi connectivity index (χ4v) is 2.26. The Kier molecular flexibility index (Phi) is 3.81. The van der Waals surface area contributed by atoms with Gasteiger partial charge in [-0.3, -0.25) is 0 Å². The van der Waals surface area contributed by atoms with Gasteiger partial charge in [0.1, 0.15) is 0 Å². The second-order valence-electron chi connectivity index (χ2n) is 3.73. The van der Waals surface area contributed by atoms with Crippen molar-refractivity contribution in [3.05, 3.63) is 40.3 Å². The Morgan fingerprint density at radius 1 is 1.50 bits per heavy atom. The Hall–Kier alpha value is -1.62. The van der Waals surface area contributed by atoms with Gasteiger partial charge >= 0.3 is 5.97 Å². The molecule has 1 aromatic heterocycles. The number of halogens is 1. The maximum Gasteiger partial charge on any atom is 0.360 e. The fourth-order valence-electron chi connectivity index (χ4n) is 1.59. The van der Waals surface area contributed by atoms with E-state index in [0.717, 1.165) is 15.6 Å². The van der Waals surface area contributed by atoms with Crippen molar-refractivity contribution in [2.24, 2.45) is 0 Å². The largest absolute Gasteiger partial charge is 0.461 e. The molecule has 0 radical (unpaired) electrons. The summed E-state index contributed by atoms with van der Waals surface area (Å²) in [5.74, 6) is -0.0611. The third-order valence-electron chi connectivity index (χ3n) is 2.41. The number of ether oxygens (including phenoxy) is 1. The summed E-state index contributed by atoms with van der Waals surface area (Å²) in [6.45, 7) is 4.04. The van der Waals surface area contributed by atoms with Crippen LogP contribution >= 0.6 is 15.9 Å². The van der Waals surface area contributed by atoms with Crippen molar-refractivity contribution >= 4 is 21.9 Å². The molecule has 0 amide bonds. The number of hydrogen-bond donors (Lipinski definition) is 0. The predicted octanol–water partition coefficient (Wildman–Crippen LogP) is 3.59. The van der Waals surface area contributed by atoms with Crippen LogP contribution in [0.1, 0.15) is 23.0 Å². The summed E-state index contributed by atoms with van der Waals surface area (Å²) in [5.41, 5.74) is 2.09. The summed E-state index contributed by atoms with van der Waals surface area (Å²) < 4.78 is 11.1. The smallest absolute Gasteiger partial charge is 0.360 e. The first-order valence-electron chi connectivity index (χ1n) is 5.50. The molecule has 0 saturated carbocycles. The predicted molar refractivity (Wildman–Crippen MR) is 70.3 cm³/mol. The van der Waals surface area contributed by atoms with Crippen LogP contribution in [0.5, 0.6) is 0 Å². The molecule has 0 atom stereocenters. The quantitative estimate of drug-likeness (QED) is 0.813. The van der Waals surface area contributed by atoms with Gasteiger partial charge in [-0.2, -0.15) is 0 Å². The van der Waals surface area contributed by atoms with Crippen LogP contribution in [-0.2, 0) is 4.74 Å². The molecular formula is C13H12BrNO3. The number of rotatable bonds is 3. The number of benzene rings is 1. The van der Waals surface area contributed by atoms with Crippen LogP contribution in [0.4, 0.5) is 0 Å². The summed E-state index contributed by atoms with van der Waals surface area (Å²) in [6.07, 6.45) is 1.24. The summed E-state index contributed by atoms with van der Waals surface area (Å²) in [7, 11) is 0. The molecule has 0 aliphatic rings. The van der Waals surface area contributed by atoms with Gasteiger partial charge in [0.2, 0.25) is 0 Å². The summed E-state index contributed by atoms with van der Waals surface area (Å²) >= 11 is 3.45. The highest BCUT2D eigenvalue weighted by Crippen LogP contribution is 2.31. The van der Waals surface area contributed by atoms with Gasteiger partial charge in [-0.25, -0.2) is 9.78 Å². The lowest BCUT2D eigenvalue weighted by molar-refractivity contribution is 0.0520.